The SMILES string of the molecule is CC(=O)OC1CN(C)CCC1N1CCc2ccccc21. The number of likely N-dealkylation sites (N-methyl/N-ethyl adjacent to an activating group) is 1. The van der Waals surface area contributed by atoms with Crippen LogP contribution in [0.2, 0.25) is 0 Å². The molecule has 0 bridgehead atoms. The second kappa shape index (κ2) is 5.44. The van der Waals surface area contributed by atoms with Crippen LogP contribution in [0.5, 0.6) is 0 Å². The highest BCUT2D eigenvalue weighted by atomic mass is 16.5. The van der Waals surface area contributed by atoms with Crippen LogP contribution in [0.15, 0.2) is 24.3 Å². The van der Waals surface area contributed by atoms with Gasteiger partial charge in [-0.1, -0.05) is 18.2 Å². The van der Waals surface area contributed by atoms with E-state index in [0.717, 1.165) is 32.5 Å². The largest absolute Gasteiger partial charge is 0.459 e. The number of carbonyl (C=O) groups is 1. The number of hydrogen-bond acceptors (Lipinski definition) is 4. The highest BCUT2D eigenvalue weighted by Crippen LogP contribution is 2.33. The quantitative estimate of drug-likeness (QED) is 0.768. The Morgan fingerprint density at radius 2 is 2.10 bits per heavy atom. The molecule has 1 saturated heterocycles. The maximum Gasteiger partial charge on any atom is 0.303 e. The molecule has 0 N–H and O–H groups in total. The minimum absolute atomic E-state index is 0.0302. The molecule has 0 spiro atoms. The Bertz CT molecular complexity index is 503. The van der Waals surface area contributed by atoms with Crippen molar-refractivity contribution in [2.45, 2.75) is 31.9 Å². The van der Waals surface area contributed by atoms with Gasteiger partial charge in [-0.05, 0) is 31.5 Å². The Kier molecular flexibility index (Phi) is 3.66. The van der Waals surface area contributed by atoms with Crippen molar-refractivity contribution in [3.63, 3.8) is 0 Å². The maximum atomic E-state index is 11.4. The van der Waals surface area contributed by atoms with Crippen molar-refractivity contribution in [2.75, 3.05) is 31.6 Å². The Balaban J connectivity index is 1.82. The molecular formula is C16H22N2O2. The fourth-order valence-corrected chi connectivity index (χ4v) is 3.45. The summed E-state index contributed by atoms with van der Waals surface area (Å²) in [6.07, 6.45) is 2.11. The molecule has 1 aromatic rings. The molecule has 2 unspecified atom stereocenters. The molecule has 2 heterocycles. The summed E-state index contributed by atoms with van der Waals surface area (Å²) in [4.78, 5) is 16.0. The monoisotopic (exact) mass is 274 g/mol. The molecule has 1 fully saturated rings. The van der Waals surface area contributed by atoms with Crippen LogP contribution in [0, 0.1) is 0 Å². The molecule has 4 heteroatoms. The highest BCUT2D eigenvalue weighted by Gasteiger charge is 2.36. The summed E-state index contributed by atoms with van der Waals surface area (Å²) in [6, 6.07) is 8.88. The van der Waals surface area contributed by atoms with Crippen LogP contribution in [0.3, 0.4) is 0 Å². The first-order valence-corrected chi connectivity index (χ1v) is 7.35. The van der Waals surface area contributed by atoms with E-state index in [4.69, 9.17) is 4.74 Å². The molecule has 20 heavy (non-hydrogen) atoms. The van der Waals surface area contributed by atoms with Crippen LogP contribution in [0.25, 0.3) is 0 Å². The lowest BCUT2D eigenvalue weighted by molar-refractivity contribution is -0.149. The summed E-state index contributed by atoms with van der Waals surface area (Å²) < 4.78 is 5.58. The molecule has 4 nitrogen and oxygen atoms in total. The van der Waals surface area contributed by atoms with Crippen LogP contribution in [-0.4, -0.2) is 49.7 Å². The smallest absolute Gasteiger partial charge is 0.303 e. The average molecular weight is 274 g/mol. The average Bonchev–Trinajstić information content (AvgIpc) is 2.82. The molecule has 0 saturated carbocycles. The molecule has 2 atom stereocenters. The minimum Gasteiger partial charge on any atom is -0.459 e. The summed E-state index contributed by atoms with van der Waals surface area (Å²) >= 11 is 0. The summed E-state index contributed by atoms with van der Waals surface area (Å²) in [5.41, 5.74) is 2.73. The van der Waals surface area contributed by atoms with E-state index in [1.807, 2.05) is 0 Å². The van der Waals surface area contributed by atoms with E-state index in [0.29, 0.717) is 6.04 Å². The van der Waals surface area contributed by atoms with E-state index in [9.17, 15) is 4.79 Å². The van der Waals surface area contributed by atoms with Crippen LogP contribution < -0.4 is 4.90 Å². The van der Waals surface area contributed by atoms with Gasteiger partial charge in [0.1, 0.15) is 6.10 Å². The maximum absolute atomic E-state index is 11.4. The molecular weight excluding hydrogens is 252 g/mol. The number of piperidine rings is 1. The molecule has 108 valence electrons. The van der Waals surface area contributed by atoms with Gasteiger partial charge < -0.3 is 14.5 Å². The van der Waals surface area contributed by atoms with Crippen LogP contribution >= 0.6 is 0 Å². The van der Waals surface area contributed by atoms with Crippen molar-refractivity contribution in [1.82, 2.24) is 4.90 Å². The van der Waals surface area contributed by atoms with E-state index >= 15 is 0 Å². The van der Waals surface area contributed by atoms with Crippen molar-refractivity contribution >= 4 is 11.7 Å². The zero-order valence-corrected chi connectivity index (χ0v) is 12.2. The third-order valence-corrected chi connectivity index (χ3v) is 4.37. The van der Waals surface area contributed by atoms with Gasteiger partial charge in [0.25, 0.3) is 0 Å². The van der Waals surface area contributed by atoms with E-state index in [2.05, 4.69) is 41.1 Å². The van der Waals surface area contributed by atoms with Gasteiger partial charge in [0.2, 0.25) is 0 Å². The molecule has 1 aromatic carbocycles. The first-order valence-electron chi connectivity index (χ1n) is 7.35. The van der Waals surface area contributed by atoms with Gasteiger partial charge in [-0.2, -0.15) is 0 Å². The van der Waals surface area contributed by atoms with Crippen molar-refractivity contribution in [2.24, 2.45) is 0 Å². The number of anilines is 1. The number of likely N-dealkylation sites (tertiary alicyclic amines) is 1. The van der Waals surface area contributed by atoms with Crippen molar-refractivity contribution in [3.8, 4) is 0 Å². The van der Waals surface area contributed by atoms with Gasteiger partial charge in [0.05, 0.1) is 6.04 Å². The summed E-state index contributed by atoms with van der Waals surface area (Å²) in [5, 5.41) is 0. The van der Waals surface area contributed by atoms with Crippen molar-refractivity contribution in [3.05, 3.63) is 29.8 Å². The number of fused-ring (bicyclic) bond motifs is 1. The van der Waals surface area contributed by atoms with Gasteiger partial charge in [0.15, 0.2) is 0 Å². The Hall–Kier alpha value is -1.55. The molecule has 3 rings (SSSR count). The normalized spacial score (nSPS) is 26.4. The van der Waals surface area contributed by atoms with Crippen LogP contribution in [-0.2, 0) is 16.0 Å². The third-order valence-electron chi connectivity index (χ3n) is 4.37. The number of ether oxygens (including phenoxy) is 1. The van der Waals surface area contributed by atoms with E-state index in [1.54, 1.807) is 0 Å². The molecule has 2 aliphatic rings. The number of para-hydroxylation sites is 1. The van der Waals surface area contributed by atoms with E-state index < -0.39 is 0 Å². The zero-order valence-electron chi connectivity index (χ0n) is 12.2. The molecule has 0 aromatic heterocycles. The zero-order chi connectivity index (χ0) is 14.1. The topological polar surface area (TPSA) is 32.8 Å². The molecule has 0 radical (unpaired) electrons. The van der Waals surface area contributed by atoms with Gasteiger partial charge in [0, 0.05) is 32.2 Å². The minimum atomic E-state index is -0.178. The fourth-order valence-electron chi connectivity index (χ4n) is 3.45. The number of benzene rings is 1. The second-order valence-electron chi connectivity index (χ2n) is 5.84. The first kappa shape index (κ1) is 13.4. The summed E-state index contributed by atoms with van der Waals surface area (Å²) in [7, 11) is 2.09. The summed E-state index contributed by atoms with van der Waals surface area (Å²) in [5.74, 6) is -0.178. The molecule has 0 amide bonds. The third kappa shape index (κ3) is 2.52. The fraction of sp³-hybridized carbons (Fsp3) is 0.562. The van der Waals surface area contributed by atoms with Crippen LogP contribution in [0.1, 0.15) is 18.9 Å². The highest BCUT2D eigenvalue weighted by molar-refractivity contribution is 5.66. The van der Waals surface area contributed by atoms with E-state index in [1.165, 1.54) is 18.2 Å². The van der Waals surface area contributed by atoms with Gasteiger partial charge in [-0.25, -0.2) is 0 Å². The van der Waals surface area contributed by atoms with Gasteiger partial charge >= 0.3 is 5.97 Å². The predicted molar refractivity (Wildman–Crippen MR) is 78.9 cm³/mol. The Morgan fingerprint density at radius 3 is 2.90 bits per heavy atom. The Morgan fingerprint density at radius 1 is 1.30 bits per heavy atom. The standard InChI is InChI=1S/C16H22N2O2/c1-12(19)20-16-11-17(2)9-8-15(16)18-10-7-13-5-3-4-6-14(13)18/h3-6,15-16H,7-11H2,1-2H3. The number of esters is 1. The van der Waals surface area contributed by atoms with Gasteiger partial charge in [-0.15, -0.1) is 0 Å². The first-order chi connectivity index (χ1) is 9.65. The number of hydrogen-bond donors (Lipinski definition) is 0. The molecule has 2 aliphatic heterocycles. The summed E-state index contributed by atoms with van der Waals surface area (Å²) in [6.45, 7) is 4.42. The number of nitrogens with zero attached hydrogens (tertiary/aromatic N) is 2. The second-order valence-corrected chi connectivity index (χ2v) is 5.84. The predicted octanol–water partition coefficient (Wildman–Crippen LogP) is 1.68. The number of rotatable bonds is 2. The Labute approximate surface area is 120 Å². The van der Waals surface area contributed by atoms with Crippen molar-refractivity contribution < 1.29 is 9.53 Å². The lowest BCUT2D eigenvalue weighted by Gasteiger charge is -2.41. The van der Waals surface area contributed by atoms with E-state index in [-0.39, 0.29) is 12.1 Å². The lowest BCUT2D eigenvalue weighted by Crippen LogP contribution is -2.54. The van der Waals surface area contributed by atoms with Gasteiger partial charge in [-0.3, -0.25) is 4.79 Å². The molecule has 0 aliphatic carbocycles. The van der Waals surface area contributed by atoms with Crippen LogP contribution in [0.4, 0.5) is 5.69 Å². The van der Waals surface area contributed by atoms with Crippen molar-refractivity contribution in [1.29, 1.82) is 0 Å². The number of carbonyl (C=O) groups excluding carboxylic acids is 1. The lowest BCUT2D eigenvalue weighted by atomic mass is 10.00.